The molecule has 2 atom stereocenters. The minimum absolute atomic E-state index is 0.191. The summed E-state index contributed by atoms with van der Waals surface area (Å²) in [6, 6.07) is 9.17. The topological polar surface area (TPSA) is 141 Å². The SMILES string of the molecule is CCOC(=O)C(c1ccccc1)n1cnc(NC(=O)[C@@H](Cc2ccsc2)NC(=O)C(C)(C)NC(=O)OC(C)(C)C)c1. The highest BCUT2D eigenvalue weighted by Crippen LogP contribution is 2.22. The third-order valence-corrected chi connectivity index (χ3v) is 6.53. The number of aromatic nitrogens is 2. The maximum absolute atomic E-state index is 13.4. The highest BCUT2D eigenvalue weighted by molar-refractivity contribution is 7.07. The van der Waals surface area contributed by atoms with Crippen LogP contribution in [0.3, 0.4) is 0 Å². The number of carbonyl (C=O) groups excluding carboxylic acids is 4. The number of nitrogens with zero attached hydrogens (tertiary/aromatic N) is 2. The lowest BCUT2D eigenvalue weighted by Crippen LogP contribution is -2.59. The van der Waals surface area contributed by atoms with Crippen molar-refractivity contribution in [2.45, 2.75) is 71.2 Å². The fourth-order valence-corrected chi connectivity index (χ4v) is 4.53. The number of thiophene rings is 1. The van der Waals surface area contributed by atoms with E-state index in [1.165, 1.54) is 37.7 Å². The normalized spacial score (nSPS) is 13.0. The summed E-state index contributed by atoms with van der Waals surface area (Å²) >= 11 is 1.47. The van der Waals surface area contributed by atoms with E-state index in [0.29, 0.717) is 5.56 Å². The highest BCUT2D eigenvalue weighted by atomic mass is 32.1. The first kappa shape index (κ1) is 31.3. The van der Waals surface area contributed by atoms with Crippen molar-refractivity contribution in [1.82, 2.24) is 20.2 Å². The van der Waals surface area contributed by atoms with Gasteiger partial charge in [-0.1, -0.05) is 30.3 Å². The van der Waals surface area contributed by atoms with E-state index >= 15 is 0 Å². The Bertz CT molecular complexity index is 1330. The fraction of sp³-hybridized carbons (Fsp3) is 0.414. The van der Waals surface area contributed by atoms with Gasteiger partial charge in [-0.2, -0.15) is 11.3 Å². The van der Waals surface area contributed by atoms with Gasteiger partial charge in [0, 0.05) is 12.6 Å². The first-order valence-corrected chi connectivity index (χ1v) is 14.1. The number of hydrogen-bond acceptors (Lipinski definition) is 8. The molecule has 0 spiro atoms. The second-order valence-corrected chi connectivity index (χ2v) is 11.7. The van der Waals surface area contributed by atoms with Gasteiger partial charge in [0.25, 0.3) is 0 Å². The van der Waals surface area contributed by atoms with Gasteiger partial charge in [0.2, 0.25) is 11.8 Å². The van der Waals surface area contributed by atoms with Crippen molar-refractivity contribution in [3.8, 4) is 0 Å². The molecule has 0 bridgehead atoms. The number of carbonyl (C=O) groups is 4. The average Bonchev–Trinajstić information content (AvgIpc) is 3.55. The number of benzene rings is 1. The predicted molar refractivity (Wildman–Crippen MR) is 155 cm³/mol. The Kier molecular flexibility index (Phi) is 10.3. The smallest absolute Gasteiger partial charge is 0.408 e. The molecular formula is C29H37N5O6S. The quantitative estimate of drug-likeness (QED) is 0.289. The molecule has 3 N–H and O–H groups in total. The second kappa shape index (κ2) is 13.4. The zero-order valence-electron chi connectivity index (χ0n) is 24.1. The molecule has 3 amide bonds. The monoisotopic (exact) mass is 583 g/mol. The summed E-state index contributed by atoms with van der Waals surface area (Å²) in [5.74, 6) is -1.36. The molecule has 1 aromatic carbocycles. The van der Waals surface area contributed by atoms with Crippen LogP contribution in [-0.4, -0.2) is 57.2 Å². The van der Waals surface area contributed by atoms with Gasteiger partial charge in [0.1, 0.15) is 17.2 Å². The van der Waals surface area contributed by atoms with E-state index in [4.69, 9.17) is 9.47 Å². The van der Waals surface area contributed by atoms with Crippen molar-refractivity contribution >= 4 is 41.0 Å². The molecule has 0 aliphatic carbocycles. The molecule has 11 nitrogen and oxygen atoms in total. The number of rotatable bonds is 11. The number of imidazole rings is 1. The fourth-order valence-electron chi connectivity index (χ4n) is 3.85. The molecule has 12 heteroatoms. The summed E-state index contributed by atoms with van der Waals surface area (Å²) in [6.07, 6.45) is 2.42. The van der Waals surface area contributed by atoms with Crippen molar-refractivity contribution in [3.05, 3.63) is 70.8 Å². The van der Waals surface area contributed by atoms with Crippen LogP contribution in [0.2, 0.25) is 0 Å². The van der Waals surface area contributed by atoms with Crippen LogP contribution in [0.4, 0.5) is 10.6 Å². The van der Waals surface area contributed by atoms with E-state index in [1.807, 2.05) is 35.0 Å². The first-order chi connectivity index (χ1) is 19.3. The van der Waals surface area contributed by atoms with Crippen LogP contribution in [0, 0.1) is 0 Å². The van der Waals surface area contributed by atoms with Gasteiger partial charge in [-0.3, -0.25) is 9.59 Å². The predicted octanol–water partition coefficient (Wildman–Crippen LogP) is 4.07. The maximum Gasteiger partial charge on any atom is 0.408 e. The lowest BCUT2D eigenvalue weighted by molar-refractivity contribution is -0.145. The molecule has 0 radical (unpaired) electrons. The lowest BCUT2D eigenvalue weighted by Gasteiger charge is -2.29. The summed E-state index contributed by atoms with van der Waals surface area (Å²) in [5, 5.41) is 11.8. The zero-order chi connectivity index (χ0) is 30.2. The Morgan fingerprint density at radius 3 is 2.37 bits per heavy atom. The van der Waals surface area contributed by atoms with Gasteiger partial charge in [-0.15, -0.1) is 0 Å². The molecule has 2 aromatic heterocycles. The van der Waals surface area contributed by atoms with E-state index in [-0.39, 0.29) is 18.8 Å². The molecule has 2 heterocycles. The van der Waals surface area contributed by atoms with E-state index < -0.39 is 47.1 Å². The van der Waals surface area contributed by atoms with Crippen LogP contribution in [0.25, 0.3) is 0 Å². The number of alkyl carbamates (subject to hydrolysis) is 1. The van der Waals surface area contributed by atoms with Crippen LogP contribution >= 0.6 is 11.3 Å². The van der Waals surface area contributed by atoms with Gasteiger partial charge >= 0.3 is 12.1 Å². The van der Waals surface area contributed by atoms with Crippen molar-refractivity contribution in [1.29, 1.82) is 0 Å². The standard InChI is InChI=1S/C29H37N5O6S/c1-7-39-25(36)23(20-11-9-8-10-12-20)34-16-22(30-18-34)32-24(35)21(15-19-13-14-41-17-19)31-26(37)29(5,6)33-27(38)40-28(2,3)4/h8-14,16-18,21,23H,7,15H2,1-6H3,(H,31,37)(H,32,35)(H,33,38)/t21-,23?/m1/s1. The van der Waals surface area contributed by atoms with Crippen LogP contribution in [0.1, 0.15) is 58.7 Å². The van der Waals surface area contributed by atoms with Gasteiger partial charge in [-0.05, 0) is 69.5 Å². The van der Waals surface area contributed by atoms with Gasteiger partial charge in [-0.25, -0.2) is 14.6 Å². The minimum atomic E-state index is -1.38. The first-order valence-electron chi connectivity index (χ1n) is 13.2. The molecule has 0 saturated carbocycles. The minimum Gasteiger partial charge on any atom is -0.464 e. The number of esters is 1. The number of ether oxygens (including phenoxy) is 2. The number of amides is 3. The molecular weight excluding hydrogens is 546 g/mol. The maximum atomic E-state index is 13.4. The Balaban J connectivity index is 1.78. The lowest BCUT2D eigenvalue weighted by atomic mass is 10.0. The zero-order valence-corrected chi connectivity index (χ0v) is 24.9. The second-order valence-electron chi connectivity index (χ2n) is 10.9. The average molecular weight is 584 g/mol. The Morgan fingerprint density at radius 2 is 1.76 bits per heavy atom. The van der Waals surface area contributed by atoms with Gasteiger partial charge in [0.05, 0.1) is 12.9 Å². The van der Waals surface area contributed by atoms with Crippen molar-refractivity contribution in [2.24, 2.45) is 0 Å². The van der Waals surface area contributed by atoms with Crippen molar-refractivity contribution in [2.75, 3.05) is 11.9 Å². The molecule has 0 aliphatic heterocycles. The Labute approximate surface area is 243 Å². The third-order valence-electron chi connectivity index (χ3n) is 5.80. The van der Waals surface area contributed by atoms with Crippen LogP contribution in [0.15, 0.2) is 59.7 Å². The summed E-state index contributed by atoms with van der Waals surface area (Å²) in [7, 11) is 0. The Hall–Kier alpha value is -4.19. The largest absolute Gasteiger partial charge is 0.464 e. The Morgan fingerprint density at radius 1 is 1.05 bits per heavy atom. The highest BCUT2D eigenvalue weighted by Gasteiger charge is 2.35. The molecule has 3 rings (SSSR count). The summed E-state index contributed by atoms with van der Waals surface area (Å²) < 4.78 is 12.1. The summed E-state index contributed by atoms with van der Waals surface area (Å²) in [6.45, 7) is 10.1. The van der Waals surface area contributed by atoms with E-state index in [1.54, 1.807) is 44.4 Å². The molecule has 0 aliphatic rings. The van der Waals surface area contributed by atoms with Crippen LogP contribution in [-0.2, 0) is 30.3 Å². The van der Waals surface area contributed by atoms with Crippen molar-refractivity contribution < 1.29 is 28.7 Å². The summed E-state index contributed by atoms with van der Waals surface area (Å²) in [4.78, 5) is 56.0. The molecule has 1 unspecified atom stereocenters. The van der Waals surface area contributed by atoms with Crippen LogP contribution < -0.4 is 16.0 Å². The molecule has 41 heavy (non-hydrogen) atoms. The molecule has 0 saturated heterocycles. The van der Waals surface area contributed by atoms with E-state index in [0.717, 1.165) is 5.56 Å². The molecule has 0 fully saturated rings. The number of anilines is 1. The third kappa shape index (κ3) is 9.17. The number of nitrogens with one attached hydrogen (secondary N) is 3. The van der Waals surface area contributed by atoms with E-state index in [9.17, 15) is 19.2 Å². The summed E-state index contributed by atoms with van der Waals surface area (Å²) in [5.41, 5.74) is -0.567. The van der Waals surface area contributed by atoms with Crippen molar-refractivity contribution in [3.63, 3.8) is 0 Å². The van der Waals surface area contributed by atoms with Gasteiger partial charge in [0.15, 0.2) is 11.9 Å². The molecule has 3 aromatic rings. The molecule has 220 valence electrons. The van der Waals surface area contributed by atoms with Crippen LogP contribution in [0.5, 0.6) is 0 Å². The van der Waals surface area contributed by atoms with Gasteiger partial charge < -0.3 is 30.0 Å². The number of hydrogen-bond donors (Lipinski definition) is 3. The van der Waals surface area contributed by atoms with E-state index in [2.05, 4.69) is 20.9 Å².